The molecule has 0 aliphatic heterocycles. The third kappa shape index (κ3) is 5.86. The van der Waals surface area contributed by atoms with Crippen LogP contribution < -0.4 is 0 Å². The lowest BCUT2D eigenvalue weighted by molar-refractivity contribution is 0.0605. The second kappa shape index (κ2) is 9.38. The van der Waals surface area contributed by atoms with Crippen LogP contribution in [0.3, 0.4) is 0 Å². The van der Waals surface area contributed by atoms with Crippen molar-refractivity contribution in [3.8, 4) is 11.5 Å². The molecule has 0 spiro atoms. The van der Waals surface area contributed by atoms with Gasteiger partial charge >= 0.3 is 0 Å². The fraction of sp³-hybridized carbons (Fsp3) is 0.500. The van der Waals surface area contributed by atoms with Crippen LogP contribution in [0.4, 0.5) is 0 Å². The molecule has 6 heteroatoms. The third-order valence-corrected chi connectivity index (χ3v) is 3.26. The number of phenolic OH excluding ortho intramolecular Hbond substituents is 2. The van der Waals surface area contributed by atoms with Gasteiger partial charge in [0.1, 0.15) is 0 Å². The Labute approximate surface area is 117 Å². The van der Waals surface area contributed by atoms with Crippen LogP contribution in [0, 0.1) is 0 Å². The molecule has 1 aromatic rings. The van der Waals surface area contributed by atoms with Gasteiger partial charge in [-0.2, -0.15) is 12.6 Å². The molecular weight excluding hydrogens is 272 g/mol. The molecule has 1 rings (SSSR count). The molecule has 102 valence electrons. The molecule has 1 aromatic carbocycles. The van der Waals surface area contributed by atoms with Crippen molar-refractivity contribution in [1.29, 1.82) is 0 Å². The average molecular weight is 290 g/mol. The first-order valence-corrected chi connectivity index (χ1v) is 7.27. The number of ether oxygens (including phenoxy) is 2. The fourth-order valence-electron chi connectivity index (χ4n) is 1.22. The van der Waals surface area contributed by atoms with Crippen molar-refractivity contribution in [3.05, 3.63) is 18.2 Å². The van der Waals surface area contributed by atoms with E-state index in [9.17, 15) is 10.2 Å². The van der Waals surface area contributed by atoms with Crippen molar-refractivity contribution in [2.24, 2.45) is 0 Å². The number of thioether (sulfide) groups is 1. The van der Waals surface area contributed by atoms with E-state index >= 15 is 0 Å². The maximum Gasteiger partial charge on any atom is 0.171 e. The molecule has 4 nitrogen and oxygen atoms in total. The van der Waals surface area contributed by atoms with E-state index in [1.807, 2.05) is 0 Å². The number of phenols is 2. The highest BCUT2D eigenvalue weighted by Gasteiger charge is 2.05. The highest BCUT2D eigenvalue weighted by molar-refractivity contribution is 7.99. The molecule has 2 N–H and O–H groups in total. The largest absolute Gasteiger partial charge is 0.504 e. The van der Waals surface area contributed by atoms with Crippen LogP contribution in [-0.2, 0) is 9.47 Å². The van der Waals surface area contributed by atoms with E-state index in [-0.39, 0.29) is 11.5 Å². The quantitative estimate of drug-likeness (QED) is 0.282. The summed E-state index contributed by atoms with van der Waals surface area (Å²) in [5.41, 5.74) is 0. The maximum absolute atomic E-state index is 9.56. The number of hydrogen-bond acceptors (Lipinski definition) is 6. The van der Waals surface area contributed by atoms with Gasteiger partial charge < -0.3 is 19.7 Å². The first-order valence-electron chi connectivity index (χ1n) is 5.65. The molecular formula is C12H18O4S2. The summed E-state index contributed by atoms with van der Waals surface area (Å²) in [6, 6.07) is 4.91. The Hall–Kier alpha value is -0.560. The third-order valence-electron chi connectivity index (χ3n) is 2.07. The summed E-state index contributed by atoms with van der Waals surface area (Å²) < 4.78 is 10.6. The zero-order valence-electron chi connectivity index (χ0n) is 10.0. The van der Waals surface area contributed by atoms with Gasteiger partial charge in [-0.1, -0.05) is 6.07 Å². The molecule has 0 aromatic heterocycles. The zero-order valence-corrected chi connectivity index (χ0v) is 11.8. The lowest BCUT2D eigenvalue weighted by Crippen LogP contribution is -2.07. The predicted octanol–water partition coefficient (Wildman–Crippen LogP) is 2.15. The van der Waals surface area contributed by atoms with Gasteiger partial charge in [0.25, 0.3) is 0 Å². The van der Waals surface area contributed by atoms with E-state index < -0.39 is 0 Å². The predicted molar refractivity (Wildman–Crippen MR) is 76.0 cm³/mol. The van der Waals surface area contributed by atoms with Gasteiger partial charge in [-0.3, -0.25) is 0 Å². The number of hydrogen-bond donors (Lipinski definition) is 3. The number of rotatable bonds is 9. The molecule has 0 unspecified atom stereocenters. The number of benzene rings is 1. The van der Waals surface area contributed by atoms with Crippen LogP contribution in [-0.4, -0.2) is 48.1 Å². The molecule has 0 bridgehead atoms. The number of thiol groups is 1. The highest BCUT2D eigenvalue weighted by Crippen LogP contribution is 2.35. The van der Waals surface area contributed by atoms with Gasteiger partial charge in [0.05, 0.1) is 31.3 Å². The first kappa shape index (κ1) is 15.5. The second-order valence-corrected chi connectivity index (χ2v) is 5.00. The molecule has 0 fully saturated rings. The molecule has 0 saturated heterocycles. The van der Waals surface area contributed by atoms with Crippen molar-refractivity contribution >= 4 is 24.4 Å². The zero-order chi connectivity index (χ0) is 13.2. The number of aromatic hydroxyl groups is 2. The molecule has 0 aliphatic rings. The van der Waals surface area contributed by atoms with Crippen molar-refractivity contribution < 1.29 is 19.7 Å². The smallest absolute Gasteiger partial charge is 0.171 e. The maximum atomic E-state index is 9.56. The summed E-state index contributed by atoms with van der Waals surface area (Å²) in [4.78, 5) is 0.657. The molecule has 0 saturated carbocycles. The lowest BCUT2D eigenvalue weighted by Gasteiger charge is -2.06. The topological polar surface area (TPSA) is 58.9 Å². The molecule has 0 atom stereocenters. The summed E-state index contributed by atoms with van der Waals surface area (Å²) in [5.74, 6) is 1.26. The van der Waals surface area contributed by atoms with Crippen molar-refractivity contribution in [3.63, 3.8) is 0 Å². The first-order chi connectivity index (χ1) is 8.75. The Kier molecular flexibility index (Phi) is 8.08. The molecule has 0 aliphatic carbocycles. The van der Waals surface area contributed by atoms with E-state index in [1.54, 1.807) is 12.1 Å². The van der Waals surface area contributed by atoms with Crippen LogP contribution in [0.2, 0.25) is 0 Å². The molecule has 0 radical (unpaired) electrons. The van der Waals surface area contributed by atoms with E-state index in [4.69, 9.17) is 9.47 Å². The van der Waals surface area contributed by atoms with Crippen LogP contribution in [0.5, 0.6) is 11.5 Å². The van der Waals surface area contributed by atoms with Crippen LogP contribution >= 0.6 is 24.4 Å². The van der Waals surface area contributed by atoms with Gasteiger partial charge in [0, 0.05) is 11.5 Å². The fourth-order valence-corrected chi connectivity index (χ4v) is 2.19. The Morgan fingerprint density at radius 3 is 2.50 bits per heavy atom. The summed E-state index contributed by atoms with van der Waals surface area (Å²) in [7, 11) is 0. The molecule has 0 heterocycles. The minimum atomic E-state index is -0.0962. The minimum Gasteiger partial charge on any atom is -0.504 e. The van der Waals surface area contributed by atoms with Gasteiger partial charge in [-0.05, 0) is 12.1 Å². The van der Waals surface area contributed by atoms with Crippen molar-refractivity contribution in [2.45, 2.75) is 4.90 Å². The minimum absolute atomic E-state index is 0.0698. The van der Waals surface area contributed by atoms with Crippen LogP contribution in [0.15, 0.2) is 23.1 Å². The van der Waals surface area contributed by atoms with Crippen LogP contribution in [0.1, 0.15) is 0 Å². The summed E-state index contributed by atoms with van der Waals surface area (Å²) in [6.07, 6.45) is 0. The van der Waals surface area contributed by atoms with E-state index in [1.165, 1.54) is 17.8 Å². The Bertz CT molecular complexity index is 347. The second-order valence-electron chi connectivity index (χ2n) is 3.42. The van der Waals surface area contributed by atoms with Gasteiger partial charge in [-0.15, -0.1) is 11.8 Å². The standard InChI is InChI=1S/C12H18O4S2/c13-10-2-1-3-11(12(10)14)18-9-7-16-5-4-15-6-8-17/h1-3,13-14,17H,4-9H2. The van der Waals surface area contributed by atoms with Crippen LogP contribution in [0.25, 0.3) is 0 Å². The lowest BCUT2D eigenvalue weighted by atomic mass is 10.3. The van der Waals surface area contributed by atoms with Gasteiger partial charge in [0.15, 0.2) is 11.5 Å². The van der Waals surface area contributed by atoms with Gasteiger partial charge in [0.2, 0.25) is 0 Å². The highest BCUT2D eigenvalue weighted by atomic mass is 32.2. The van der Waals surface area contributed by atoms with E-state index in [0.717, 1.165) is 0 Å². The normalized spacial score (nSPS) is 10.7. The summed E-state index contributed by atoms with van der Waals surface area (Å²) >= 11 is 5.47. The summed E-state index contributed by atoms with van der Waals surface area (Å²) in [5, 5.41) is 18.9. The summed E-state index contributed by atoms with van der Waals surface area (Å²) in [6.45, 7) is 2.34. The Morgan fingerprint density at radius 1 is 1.06 bits per heavy atom. The van der Waals surface area contributed by atoms with Crippen molar-refractivity contribution in [1.82, 2.24) is 0 Å². The Morgan fingerprint density at radius 2 is 1.78 bits per heavy atom. The number of para-hydroxylation sites is 1. The Balaban J connectivity index is 2.09. The van der Waals surface area contributed by atoms with E-state index in [2.05, 4.69) is 12.6 Å². The SMILES string of the molecule is Oc1cccc(SCCOCCOCCS)c1O. The monoisotopic (exact) mass is 290 g/mol. The molecule has 0 amide bonds. The van der Waals surface area contributed by atoms with Gasteiger partial charge in [-0.25, -0.2) is 0 Å². The van der Waals surface area contributed by atoms with Crippen molar-refractivity contribution in [2.75, 3.05) is 37.9 Å². The molecule has 18 heavy (non-hydrogen) atoms. The van der Waals surface area contributed by atoms with E-state index in [0.29, 0.717) is 42.8 Å². The average Bonchev–Trinajstić information content (AvgIpc) is 2.37.